The third kappa shape index (κ3) is 2.26. The molecule has 0 aromatic rings. The van der Waals surface area contributed by atoms with Crippen LogP contribution in [0.4, 0.5) is 0 Å². The third-order valence-electron chi connectivity index (χ3n) is 3.62. The summed E-state index contributed by atoms with van der Waals surface area (Å²) in [7, 11) is 0. The van der Waals surface area contributed by atoms with Crippen molar-refractivity contribution < 1.29 is 23.7 Å². The van der Waals surface area contributed by atoms with Crippen LogP contribution in [0.3, 0.4) is 0 Å². The first kappa shape index (κ1) is 13.3. The molecule has 3 heterocycles. The van der Waals surface area contributed by atoms with E-state index in [-0.39, 0.29) is 18.3 Å². The molecule has 0 N–H and O–H groups in total. The van der Waals surface area contributed by atoms with Gasteiger partial charge in [0.1, 0.15) is 24.4 Å². The molecule has 106 valence electrons. The van der Waals surface area contributed by atoms with Crippen LogP contribution in [-0.4, -0.2) is 48.7 Å². The number of nitrogens with zero attached hydrogens (tertiary/aromatic N) is 1. The van der Waals surface area contributed by atoms with Crippen LogP contribution in [0.1, 0.15) is 27.7 Å². The predicted octanol–water partition coefficient (Wildman–Crippen LogP) is 0.949. The van der Waals surface area contributed by atoms with Crippen molar-refractivity contribution in [1.82, 2.24) is 0 Å². The van der Waals surface area contributed by atoms with Crippen LogP contribution >= 0.6 is 0 Å². The standard InChI is InChI=1S/C13H19NO5/c1-12(2)15-6-8-10(17-12)11-9(7(5-14)16-8)18-13(3,4)19-11/h7-11H,6H2,1-4H3/t7-,8+,9+,10+,11+/m0/s1. The third-order valence-corrected chi connectivity index (χ3v) is 3.62. The molecule has 5 atom stereocenters. The summed E-state index contributed by atoms with van der Waals surface area (Å²) in [4.78, 5) is 0. The van der Waals surface area contributed by atoms with Gasteiger partial charge < -0.3 is 23.7 Å². The second-order valence-corrected chi connectivity index (χ2v) is 6.08. The van der Waals surface area contributed by atoms with Crippen molar-refractivity contribution in [3.63, 3.8) is 0 Å². The maximum Gasteiger partial charge on any atom is 0.173 e. The lowest BCUT2D eigenvalue weighted by Gasteiger charge is -2.47. The van der Waals surface area contributed by atoms with Gasteiger partial charge in [-0.15, -0.1) is 0 Å². The molecule has 0 bridgehead atoms. The van der Waals surface area contributed by atoms with E-state index in [9.17, 15) is 5.26 Å². The fraction of sp³-hybridized carbons (Fsp3) is 0.923. The number of nitriles is 1. The van der Waals surface area contributed by atoms with Gasteiger partial charge >= 0.3 is 0 Å². The SMILES string of the molecule is CC1(C)O[C@@H]2[C@H](O1)[C@H](C#N)O[C@@H]1COC(C)(C)O[C@@H]21. The van der Waals surface area contributed by atoms with E-state index >= 15 is 0 Å². The topological polar surface area (TPSA) is 69.9 Å². The first-order valence-electron chi connectivity index (χ1n) is 6.54. The highest BCUT2D eigenvalue weighted by Crippen LogP contribution is 2.41. The molecule has 0 radical (unpaired) electrons. The van der Waals surface area contributed by atoms with Gasteiger partial charge in [0, 0.05) is 0 Å². The average Bonchev–Trinajstić information content (AvgIpc) is 2.63. The van der Waals surface area contributed by atoms with E-state index in [0.717, 1.165) is 0 Å². The minimum Gasteiger partial charge on any atom is -0.352 e. The quantitative estimate of drug-likeness (QED) is 0.652. The lowest BCUT2D eigenvalue weighted by Crippen LogP contribution is -2.63. The van der Waals surface area contributed by atoms with Gasteiger partial charge in [-0.1, -0.05) is 0 Å². The smallest absolute Gasteiger partial charge is 0.173 e. The fourth-order valence-corrected chi connectivity index (χ4v) is 2.89. The predicted molar refractivity (Wildman–Crippen MR) is 63.0 cm³/mol. The van der Waals surface area contributed by atoms with E-state index in [1.165, 1.54) is 0 Å². The van der Waals surface area contributed by atoms with Crippen molar-refractivity contribution in [1.29, 1.82) is 5.26 Å². The minimum absolute atomic E-state index is 0.278. The zero-order valence-corrected chi connectivity index (χ0v) is 11.6. The summed E-state index contributed by atoms with van der Waals surface area (Å²) < 4.78 is 28.9. The largest absolute Gasteiger partial charge is 0.352 e. The molecular weight excluding hydrogens is 250 g/mol. The summed E-state index contributed by atoms with van der Waals surface area (Å²) in [6.07, 6.45) is -1.95. The summed E-state index contributed by atoms with van der Waals surface area (Å²) in [6, 6.07) is 2.13. The van der Waals surface area contributed by atoms with Crippen LogP contribution in [0.2, 0.25) is 0 Å². The van der Waals surface area contributed by atoms with Gasteiger partial charge in [0.05, 0.1) is 12.7 Å². The van der Waals surface area contributed by atoms with Crippen molar-refractivity contribution in [2.24, 2.45) is 0 Å². The Labute approximate surface area is 112 Å². The molecule has 0 aromatic heterocycles. The maximum atomic E-state index is 9.21. The normalized spacial score (nSPS) is 47.0. The lowest BCUT2D eigenvalue weighted by molar-refractivity contribution is -0.344. The first-order chi connectivity index (χ1) is 8.81. The van der Waals surface area contributed by atoms with Crippen molar-refractivity contribution in [2.45, 2.75) is 69.8 Å². The van der Waals surface area contributed by atoms with Crippen molar-refractivity contribution in [3.8, 4) is 6.07 Å². The molecule has 19 heavy (non-hydrogen) atoms. The summed E-state index contributed by atoms with van der Waals surface area (Å²) in [6.45, 7) is 7.77. The highest BCUT2D eigenvalue weighted by molar-refractivity contribution is 5.07. The monoisotopic (exact) mass is 269 g/mol. The molecule has 6 nitrogen and oxygen atoms in total. The van der Waals surface area contributed by atoms with Gasteiger partial charge in [-0.25, -0.2) is 0 Å². The van der Waals surface area contributed by atoms with Crippen LogP contribution < -0.4 is 0 Å². The van der Waals surface area contributed by atoms with E-state index in [4.69, 9.17) is 23.7 Å². The molecule has 0 amide bonds. The van der Waals surface area contributed by atoms with Crippen LogP contribution in [0, 0.1) is 11.3 Å². The van der Waals surface area contributed by atoms with Gasteiger partial charge in [0.2, 0.25) is 0 Å². The highest BCUT2D eigenvalue weighted by Gasteiger charge is 2.58. The Kier molecular flexibility index (Phi) is 2.89. The Bertz CT molecular complexity index is 416. The Hall–Kier alpha value is -0.710. The van der Waals surface area contributed by atoms with Crippen LogP contribution in [-0.2, 0) is 23.7 Å². The van der Waals surface area contributed by atoms with Gasteiger partial charge in [-0.2, -0.15) is 5.26 Å². The van der Waals surface area contributed by atoms with E-state index in [1.807, 2.05) is 27.7 Å². The molecule has 3 aliphatic rings. The number of fused-ring (bicyclic) bond motifs is 3. The van der Waals surface area contributed by atoms with Gasteiger partial charge in [-0.05, 0) is 27.7 Å². The zero-order valence-electron chi connectivity index (χ0n) is 11.6. The summed E-state index contributed by atoms with van der Waals surface area (Å²) in [5.74, 6) is -1.40. The minimum atomic E-state index is -0.728. The van der Waals surface area contributed by atoms with Gasteiger partial charge in [0.25, 0.3) is 0 Å². The Morgan fingerprint density at radius 2 is 1.58 bits per heavy atom. The van der Waals surface area contributed by atoms with E-state index in [0.29, 0.717) is 6.61 Å². The summed E-state index contributed by atoms with van der Waals surface area (Å²) >= 11 is 0. The lowest BCUT2D eigenvalue weighted by atomic mass is 9.94. The molecule has 3 fully saturated rings. The van der Waals surface area contributed by atoms with Crippen LogP contribution in [0.15, 0.2) is 0 Å². The Morgan fingerprint density at radius 1 is 0.947 bits per heavy atom. The molecule has 0 saturated carbocycles. The van der Waals surface area contributed by atoms with Gasteiger partial charge in [-0.3, -0.25) is 0 Å². The first-order valence-corrected chi connectivity index (χ1v) is 6.54. The number of hydrogen-bond acceptors (Lipinski definition) is 6. The molecule has 0 aliphatic carbocycles. The fourth-order valence-electron chi connectivity index (χ4n) is 2.89. The van der Waals surface area contributed by atoms with Crippen LogP contribution in [0.25, 0.3) is 0 Å². The van der Waals surface area contributed by atoms with Crippen molar-refractivity contribution in [2.75, 3.05) is 6.61 Å². The summed E-state index contributed by atoms with van der Waals surface area (Å²) in [5, 5.41) is 9.21. The number of rotatable bonds is 0. The maximum absolute atomic E-state index is 9.21. The molecular formula is C13H19NO5. The van der Waals surface area contributed by atoms with Crippen LogP contribution in [0.5, 0.6) is 0 Å². The van der Waals surface area contributed by atoms with E-state index < -0.39 is 23.8 Å². The molecule has 6 heteroatoms. The molecule has 0 unspecified atom stereocenters. The second kappa shape index (κ2) is 4.14. The molecule has 0 spiro atoms. The van der Waals surface area contributed by atoms with Crippen molar-refractivity contribution in [3.05, 3.63) is 0 Å². The summed E-state index contributed by atoms with van der Waals surface area (Å²) in [5.41, 5.74) is 0. The van der Waals surface area contributed by atoms with Gasteiger partial charge in [0.15, 0.2) is 17.7 Å². The zero-order chi connectivity index (χ0) is 13.8. The number of hydrogen-bond donors (Lipinski definition) is 0. The highest BCUT2D eigenvalue weighted by atomic mass is 16.8. The molecule has 3 rings (SSSR count). The van der Waals surface area contributed by atoms with E-state index in [1.54, 1.807) is 0 Å². The molecule has 0 aromatic carbocycles. The Balaban J connectivity index is 1.88. The van der Waals surface area contributed by atoms with E-state index in [2.05, 4.69) is 6.07 Å². The Morgan fingerprint density at radius 3 is 2.26 bits per heavy atom. The second-order valence-electron chi connectivity index (χ2n) is 6.08. The van der Waals surface area contributed by atoms with Crippen molar-refractivity contribution >= 4 is 0 Å². The average molecular weight is 269 g/mol. The molecule has 3 saturated heterocycles. The molecule has 3 aliphatic heterocycles. The number of ether oxygens (including phenoxy) is 5.